The molecule has 2 aromatic carbocycles. The standard InChI is InChI=1S/C16H12O6S2.2Y/c17-13-7-3-1-2-4-8(7)14(18)12-11(13)15(19)9(5-23-21)10(6-24-22)16(12)20;;/h1-4,19-22H,5-6H2;;. The average molecular weight is 542 g/mol. The fourth-order valence-corrected chi connectivity index (χ4v) is 3.74. The first-order valence-corrected chi connectivity index (χ1v) is 8.72. The van der Waals surface area contributed by atoms with Gasteiger partial charge in [-0.3, -0.25) is 9.59 Å². The van der Waals surface area contributed by atoms with Gasteiger partial charge in [0.15, 0.2) is 11.6 Å². The van der Waals surface area contributed by atoms with Crippen molar-refractivity contribution in [2.24, 2.45) is 0 Å². The summed E-state index contributed by atoms with van der Waals surface area (Å²) in [5.74, 6) is -2.26. The van der Waals surface area contributed by atoms with E-state index in [9.17, 15) is 19.8 Å². The molecule has 26 heavy (non-hydrogen) atoms. The molecule has 2 aromatic rings. The zero-order chi connectivity index (χ0) is 17.4. The molecule has 1 aliphatic carbocycles. The van der Waals surface area contributed by atoms with Gasteiger partial charge in [0.25, 0.3) is 0 Å². The van der Waals surface area contributed by atoms with Gasteiger partial charge in [0.05, 0.1) is 11.1 Å². The fourth-order valence-electron chi connectivity index (χ4n) is 2.86. The number of aromatic hydroxyl groups is 2. The summed E-state index contributed by atoms with van der Waals surface area (Å²) in [5.41, 5.74) is -0.0197. The van der Waals surface area contributed by atoms with Crippen molar-refractivity contribution in [2.75, 3.05) is 0 Å². The first-order valence-electron chi connectivity index (χ1n) is 6.83. The van der Waals surface area contributed by atoms with E-state index in [1.165, 1.54) is 12.1 Å². The summed E-state index contributed by atoms with van der Waals surface area (Å²) in [7, 11) is 0. The molecule has 0 heterocycles. The summed E-state index contributed by atoms with van der Waals surface area (Å²) in [6.07, 6.45) is 0. The Morgan fingerprint density at radius 1 is 0.731 bits per heavy atom. The summed E-state index contributed by atoms with van der Waals surface area (Å²) in [6.45, 7) is 0. The summed E-state index contributed by atoms with van der Waals surface area (Å²) >= 11 is 0.795. The summed E-state index contributed by atoms with van der Waals surface area (Å²) in [6, 6.07) is 6.17. The third-order valence-corrected chi connectivity index (χ3v) is 4.78. The molecule has 2 radical (unpaired) electrons. The van der Waals surface area contributed by atoms with E-state index in [2.05, 4.69) is 0 Å². The Labute approximate surface area is 208 Å². The summed E-state index contributed by atoms with van der Waals surface area (Å²) < 4.78 is 18.2. The zero-order valence-electron chi connectivity index (χ0n) is 13.3. The molecule has 3 rings (SSSR count). The Hall–Kier alpha value is 0.208. The van der Waals surface area contributed by atoms with Gasteiger partial charge in [-0.25, -0.2) is 0 Å². The fraction of sp³-hybridized carbons (Fsp3) is 0.125. The van der Waals surface area contributed by atoms with Gasteiger partial charge < -0.3 is 19.3 Å². The van der Waals surface area contributed by atoms with E-state index in [4.69, 9.17) is 9.11 Å². The Bertz CT molecular complexity index is 802. The first-order chi connectivity index (χ1) is 11.5. The average Bonchev–Trinajstić information content (AvgIpc) is 2.59. The van der Waals surface area contributed by atoms with Gasteiger partial charge in [-0.05, 0) is 24.1 Å². The van der Waals surface area contributed by atoms with E-state index >= 15 is 0 Å². The van der Waals surface area contributed by atoms with Gasteiger partial charge in [0, 0.05) is 99.2 Å². The maximum absolute atomic E-state index is 12.7. The van der Waals surface area contributed by atoms with Gasteiger partial charge in [0.2, 0.25) is 0 Å². The molecular formula is C16H12O6S2Y2. The molecule has 0 aromatic heterocycles. The molecule has 130 valence electrons. The molecule has 0 saturated heterocycles. The minimum absolute atomic E-state index is 0. The predicted octanol–water partition coefficient (Wildman–Crippen LogP) is 3.28. The van der Waals surface area contributed by atoms with Crippen LogP contribution in [0.25, 0.3) is 0 Å². The van der Waals surface area contributed by atoms with E-state index in [1.807, 2.05) is 0 Å². The van der Waals surface area contributed by atoms with Crippen molar-refractivity contribution in [2.45, 2.75) is 11.5 Å². The predicted molar refractivity (Wildman–Crippen MR) is 90.9 cm³/mol. The van der Waals surface area contributed by atoms with E-state index in [1.54, 1.807) is 12.1 Å². The van der Waals surface area contributed by atoms with Crippen LogP contribution in [0.2, 0.25) is 0 Å². The van der Waals surface area contributed by atoms with Crippen molar-refractivity contribution in [1.29, 1.82) is 0 Å². The van der Waals surface area contributed by atoms with Crippen molar-refractivity contribution in [3.8, 4) is 11.5 Å². The van der Waals surface area contributed by atoms with Crippen molar-refractivity contribution >= 4 is 35.7 Å². The number of phenolic OH excluding ortho intramolecular Hbond substituents is 2. The zero-order valence-corrected chi connectivity index (χ0v) is 20.6. The second-order valence-corrected chi connectivity index (χ2v) is 6.25. The van der Waals surface area contributed by atoms with Gasteiger partial charge >= 0.3 is 0 Å². The third-order valence-electron chi connectivity index (χ3n) is 3.95. The smallest absolute Gasteiger partial charge is 0.198 e. The number of fused-ring (bicyclic) bond motifs is 2. The van der Waals surface area contributed by atoms with Crippen LogP contribution in [0.1, 0.15) is 43.0 Å². The van der Waals surface area contributed by atoms with Crippen molar-refractivity contribution in [3.05, 3.63) is 57.6 Å². The van der Waals surface area contributed by atoms with E-state index in [0.717, 1.165) is 0 Å². The van der Waals surface area contributed by atoms with Gasteiger partial charge in [-0.2, -0.15) is 0 Å². The number of carbonyl (C=O) groups is 2. The number of rotatable bonds is 4. The molecular weight excluding hydrogens is 530 g/mol. The van der Waals surface area contributed by atoms with Crippen molar-refractivity contribution in [3.63, 3.8) is 0 Å². The SMILES string of the molecule is O=C1c2ccccc2C(=O)c2c(O)c(CSO)c(CSO)c(O)c21.[Y].[Y]. The molecule has 0 atom stereocenters. The molecule has 0 unspecified atom stereocenters. The van der Waals surface area contributed by atoms with Crippen LogP contribution in [-0.2, 0) is 76.9 Å². The third kappa shape index (κ3) is 3.98. The summed E-state index contributed by atoms with van der Waals surface area (Å²) in [4.78, 5) is 25.4. The maximum atomic E-state index is 12.7. The molecule has 0 fully saturated rings. The van der Waals surface area contributed by atoms with Crippen molar-refractivity contribution in [1.82, 2.24) is 0 Å². The first kappa shape index (κ1) is 24.2. The number of hydrogen-bond donors (Lipinski definition) is 4. The number of benzene rings is 2. The number of carbonyl (C=O) groups excluding carboxylic acids is 2. The Kier molecular flexibility index (Phi) is 9.44. The van der Waals surface area contributed by atoms with Crippen LogP contribution in [0, 0.1) is 0 Å². The van der Waals surface area contributed by atoms with Gasteiger partial charge in [-0.15, -0.1) is 0 Å². The maximum Gasteiger partial charge on any atom is 0.198 e. The van der Waals surface area contributed by atoms with E-state index in [-0.39, 0.29) is 110 Å². The van der Waals surface area contributed by atoms with Crippen LogP contribution >= 0.6 is 24.1 Å². The Morgan fingerprint density at radius 2 is 1.08 bits per heavy atom. The Balaban J connectivity index is 0.00000169. The number of phenols is 2. The molecule has 10 heteroatoms. The van der Waals surface area contributed by atoms with Crippen LogP contribution in [0.3, 0.4) is 0 Å². The summed E-state index contributed by atoms with van der Waals surface area (Å²) in [5, 5.41) is 21.0. The topological polar surface area (TPSA) is 115 Å². The molecule has 0 aliphatic heterocycles. The monoisotopic (exact) mass is 542 g/mol. The molecule has 6 nitrogen and oxygen atoms in total. The normalized spacial score (nSPS) is 11.9. The Morgan fingerprint density at radius 3 is 1.38 bits per heavy atom. The van der Waals surface area contributed by atoms with Crippen LogP contribution in [-0.4, -0.2) is 30.9 Å². The molecule has 1 aliphatic rings. The minimum atomic E-state index is -0.569. The molecule has 0 spiro atoms. The van der Waals surface area contributed by atoms with Crippen molar-refractivity contribution < 1.29 is 94.3 Å². The second-order valence-electron chi connectivity index (χ2n) is 5.16. The van der Waals surface area contributed by atoms with E-state index < -0.39 is 23.1 Å². The molecule has 0 saturated carbocycles. The van der Waals surface area contributed by atoms with Gasteiger partial charge in [0.1, 0.15) is 11.5 Å². The molecule has 0 amide bonds. The molecule has 0 bridgehead atoms. The number of ketones is 2. The van der Waals surface area contributed by atoms with Crippen LogP contribution in [0.4, 0.5) is 0 Å². The minimum Gasteiger partial charge on any atom is -0.507 e. The van der Waals surface area contributed by atoms with Gasteiger partial charge in [-0.1, -0.05) is 24.3 Å². The quantitative estimate of drug-likeness (QED) is 0.294. The van der Waals surface area contributed by atoms with Crippen LogP contribution in [0.15, 0.2) is 24.3 Å². The molecule has 4 N–H and O–H groups in total. The van der Waals surface area contributed by atoms with Crippen LogP contribution in [0.5, 0.6) is 11.5 Å². The largest absolute Gasteiger partial charge is 0.507 e. The number of hydrogen-bond acceptors (Lipinski definition) is 8. The second kappa shape index (κ2) is 10.1. The van der Waals surface area contributed by atoms with Crippen LogP contribution < -0.4 is 0 Å². The van der Waals surface area contributed by atoms with E-state index in [0.29, 0.717) is 24.1 Å².